The first-order valence-corrected chi connectivity index (χ1v) is 10.4. The van der Waals surface area contributed by atoms with Gasteiger partial charge in [0.25, 0.3) is 0 Å². The molecule has 1 aliphatic carbocycles. The summed E-state index contributed by atoms with van der Waals surface area (Å²) in [7, 11) is 0. The Morgan fingerprint density at radius 3 is 2.36 bits per heavy atom. The Hall–Kier alpha value is -2.23. The van der Waals surface area contributed by atoms with E-state index in [1.54, 1.807) is 0 Å². The molecule has 0 spiro atoms. The van der Waals surface area contributed by atoms with E-state index in [0.29, 0.717) is 18.1 Å². The minimum atomic E-state index is -0.466. The Bertz CT molecular complexity index is 877. The van der Waals surface area contributed by atoms with Gasteiger partial charge in [0, 0.05) is 0 Å². The van der Waals surface area contributed by atoms with Gasteiger partial charge in [-0.1, -0.05) is 39.0 Å². The number of carbonyl (C=O) groups excluding carboxylic acids is 1. The number of cyclic esters (lactones) is 1. The Balaban J connectivity index is 1.46. The summed E-state index contributed by atoms with van der Waals surface area (Å²) in [6.07, 6.45) is 4.73. The predicted molar refractivity (Wildman–Crippen MR) is 112 cm³/mol. The van der Waals surface area contributed by atoms with Gasteiger partial charge >= 0.3 is 6.09 Å². The number of rotatable bonds is 3. The van der Waals surface area contributed by atoms with Crippen molar-refractivity contribution in [2.45, 2.75) is 65.0 Å². The lowest BCUT2D eigenvalue weighted by Gasteiger charge is -2.37. The summed E-state index contributed by atoms with van der Waals surface area (Å²) in [4.78, 5) is 11.5. The summed E-state index contributed by atoms with van der Waals surface area (Å²) >= 11 is 0. The van der Waals surface area contributed by atoms with Gasteiger partial charge in [0.2, 0.25) is 0 Å². The van der Waals surface area contributed by atoms with Crippen molar-refractivity contribution in [3.05, 3.63) is 42.0 Å². The van der Waals surface area contributed by atoms with Gasteiger partial charge < -0.3 is 14.8 Å². The number of amides is 1. The zero-order chi connectivity index (χ0) is 19.9. The summed E-state index contributed by atoms with van der Waals surface area (Å²) in [5.41, 5.74) is 0.984. The molecular formula is C24H31NO3. The molecule has 2 aliphatic rings. The van der Waals surface area contributed by atoms with E-state index in [9.17, 15) is 4.79 Å². The molecule has 1 amide bonds. The van der Waals surface area contributed by atoms with E-state index in [1.165, 1.54) is 12.8 Å². The monoisotopic (exact) mass is 381 g/mol. The molecule has 1 atom stereocenters. The molecule has 1 aliphatic heterocycles. The lowest BCUT2D eigenvalue weighted by atomic mass is 9.72. The van der Waals surface area contributed by atoms with Crippen LogP contribution in [0.15, 0.2) is 36.4 Å². The molecule has 0 aromatic heterocycles. The second-order valence-electron chi connectivity index (χ2n) is 9.71. The topological polar surface area (TPSA) is 47.6 Å². The first kappa shape index (κ1) is 19.1. The maximum absolute atomic E-state index is 11.5. The molecule has 4 nitrogen and oxygen atoms in total. The first-order chi connectivity index (χ1) is 13.2. The van der Waals surface area contributed by atoms with Crippen LogP contribution in [0.25, 0.3) is 10.8 Å². The number of ether oxygens (including phenoxy) is 2. The molecule has 0 radical (unpaired) electrons. The van der Waals surface area contributed by atoms with Gasteiger partial charge in [0.15, 0.2) is 0 Å². The minimum Gasteiger partial charge on any atom is -0.490 e. The van der Waals surface area contributed by atoms with Crippen LogP contribution >= 0.6 is 0 Å². The van der Waals surface area contributed by atoms with Gasteiger partial charge in [-0.3, -0.25) is 0 Å². The van der Waals surface area contributed by atoms with Gasteiger partial charge in [-0.15, -0.1) is 0 Å². The Morgan fingerprint density at radius 2 is 1.71 bits per heavy atom. The number of hydrogen-bond donors (Lipinski definition) is 1. The van der Waals surface area contributed by atoms with Gasteiger partial charge in [0.1, 0.15) is 12.4 Å². The highest BCUT2D eigenvalue weighted by Crippen LogP contribution is 2.39. The van der Waals surface area contributed by atoms with E-state index < -0.39 is 5.54 Å². The van der Waals surface area contributed by atoms with Crippen molar-refractivity contribution >= 4 is 16.9 Å². The zero-order valence-electron chi connectivity index (χ0n) is 17.4. The molecule has 4 heteroatoms. The van der Waals surface area contributed by atoms with E-state index in [4.69, 9.17) is 9.47 Å². The molecule has 1 saturated heterocycles. The number of fused-ring (bicyclic) bond motifs is 1. The van der Waals surface area contributed by atoms with E-state index in [2.05, 4.69) is 62.5 Å². The Labute approximate surface area is 167 Å². The van der Waals surface area contributed by atoms with Crippen molar-refractivity contribution in [1.82, 2.24) is 5.32 Å². The van der Waals surface area contributed by atoms with E-state index in [-0.39, 0.29) is 6.09 Å². The van der Waals surface area contributed by atoms with E-state index in [0.717, 1.165) is 40.8 Å². The minimum absolute atomic E-state index is 0.320. The van der Waals surface area contributed by atoms with Crippen LogP contribution in [0.1, 0.15) is 58.9 Å². The molecule has 1 saturated carbocycles. The first-order valence-electron chi connectivity index (χ1n) is 10.4. The fourth-order valence-corrected chi connectivity index (χ4v) is 4.54. The molecule has 1 N–H and O–H groups in total. The largest absolute Gasteiger partial charge is 0.490 e. The van der Waals surface area contributed by atoms with Crippen molar-refractivity contribution in [3.63, 3.8) is 0 Å². The third kappa shape index (κ3) is 3.82. The summed E-state index contributed by atoms with van der Waals surface area (Å²) in [5, 5.41) is 5.20. The quantitative estimate of drug-likeness (QED) is 0.733. The summed E-state index contributed by atoms with van der Waals surface area (Å²) < 4.78 is 11.4. The SMILES string of the molecule is CC(C)(C)C1CCC(Oc2ccc3cc([C@@]4(C)COC(=O)N4)ccc3c2)CC1. The van der Waals surface area contributed by atoms with Crippen LogP contribution in [0.2, 0.25) is 0 Å². The standard InChI is InChI=1S/C24H31NO3/c1-23(2,3)18-8-11-20(12-9-18)28-21-10-6-16-13-19(7-5-17(16)14-21)24(4)15-27-22(26)25-24/h5-7,10,13-14,18,20H,8-9,11-12,15H2,1-4H3,(H,25,26)/t18?,20?,24-/m1/s1. The van der Waals surface area contributed by atoms with Crippen LogP contribution in [-0.4, -0.2) is 18.8 Å². The fourth-order valence-electron chi connectivity index (χ4n) is 4.54. The highest BCUT2D eigenvalue weighted by molar-refractivity contribution is 5.85. The van der Waals surface area contributed by atoms with Gasteiger partial charge in [0.05, 0.1) is 11.6 Å². The van der Waals surface area contributed by atoms with Crippen LogP contribution in [0.5, 0.6) is 5.75 Å². The normalized spacial score (nSPS) is 28.1. The molecule has 2 aromatic rings. The molecule has 0 bridgehead atoms. The molecular weight excluding hydrogens is 350 g/mol. The number of benzene rings is 2. The molecule has 150 valence electrons. The van der Waals surface area contributed by atoms with Gasteiger partial charge in [-0.2, -0.15) is 0 Å². The zero-order valence-corrected chi connectivity index (χ0v) is 17.4. The molecule has 2 fully saturated rings. The summed E-state index contributed by atoms with van der Waals surface area (Å²) in [5.74, 6) is 1.74. The number of carbonyl (C=O) groups is 1. The van der Waals surface area contributed by atoms with Crippen molar-refractivity contribution in [3.8, 4) is 5.75 Å². The maximum atomic E-state index is 11.5. The number of alkyl carbamates (subject to hydrolysis) is 1. The Kier molecular flexibility index (Phi) is 4.76. The third-order valence-electron chi connectivity index (χ3n) is 6.52. The smallest absolute Gasteiger partial charge is 0.408 e. The number of hydrogen-bond acceptors (Lipinski definition) is 3. The number of nitrogens with one attached hydrogen (secondary N) is 1. The molecule has 2 aromatic carbocycles. The highest BCUT2D eigenvalue weighted by atomic mass is 16.6. The molecule has 1 heterocycles. The van der Waals surface area contributed by atoms with Crippen LogP contribution in [0.3, 0.4) is 0 Å². The van der Waals surface area contributed by atoms with Crippen LogP contribution < -0.4 is 10.1 Å². The second-order valence-corrected chi connectivity index (χ2v) is 9.71. The van der Waals surface area contributed by atoms with Crippen LogP contribution in [-0.2, 0) is 10.3 Å². The molecule has 28 heavy (non-hydrogen) atoms. The average Bonchev–Trinajstić information content (AvgIpc) is 3.01. The van der Waals surface area contributed by atoms with Gasteiger partial charge in [-0.25, -0.2) is 4.79 Å². The van der Waals surface area contributed by atoms with Crippen LogP contribution in [0, 0.1) is 11.3 Å². The average molecular weight is 382 g/mol. The van der Waals surface area contributed by atoms with E-state index >= 15 is 0 Å². The summed E-state index contributed by atoms with van der Waals surface area (Å²) in [6, 6.07) is 12.6. The van der Waals surface area contributed by atoms with E-state index in [1.807, 2.05) is 6.92 Å². The van der Waals surface area contributed by atoms with Crippen molar-refractivity contribution in [2.75, 3.05) is 6.61 Å². The summed E-state index contributed by atoms with van der Waals surface area (Å²) in [6.45, 7) is 9.39. The third-order valence-corrected chi connectivity index (χ3v) is 6.52. The highest BCUT2D eigenvalue weighted by Gasteiger charge is 2.36. The van der Waals surface area contributed by atoms with Crippen molar-refractivity contribution in [1.29, 1.82) is 0 Å². The second kappa shape index (κ2) is 6.98. The van der Waals surface area contributed by atoms with Crippen molar-refractivity contribution < 1.29 is 14.3 Å². The molecule has 0 unspecified atom stereocenters. The van der Waals surface area contributed by atoms with Crippen LogP contribution in [0.4, 0.5) is 4.79 Å². The fraction of sp³-hybridized carbons (Fsp3) is 0.542. The van der Waals surface area contributed by atoms with Crippen molar-refractivity contribution in [2.24, 2.45) is 11.3 Å². The lowest BCUT2D eigenvalue weighted by Crippen LogP contribution is -2.37. The lowest BCUT2D eigenvalue weighted by molar-refractivity contribution is 0.0883. The maximum Gasteiger partial charge on any atom is 0.408 e. The van der Waals surface area contributed by atoms with Gasteiger partial charge in [-0.05, 0) is 78.5 Å². The molecule has 4 rings (SSSR count). The Morgan fingerprint density at radius 1 is 1.04 bits per heavy atom. The predicted octanol–water partition coefficient (Wildman–Crippen LogP) is 5.78.